The van der Waals surface area contributed by atoms with E-state index in [9.17, 15) is 34.8 Å². The molecule has 1 fully saturated rings. The van der Waals surface area contributed by atoms with Crippen LogP contribution in [0.3, 0.4) is 0 Å². The summed E-state index contributed by atoms with van der Waals surface area (Å²) < 4.78 is 100.0. The van der Waals surface area contributed by atoms with Gasteiger partial charge in [0, 0.05) is 38.8 Å². The van der Waals surface area contributed by atoms with E-state index in [2.05, 4.69) is 5.32 Å². The second-order valence-electron chi connectivity index (χ2n) is 7.58. The van der Waals surface area contributed by atoms with Crippen molar-refractivity contribution in [2.45, 2.75) is 29.8 Å². The highest BCUT2D eigenvalue weighted by molar-refractivity contribution is 7.89. The van der Waals surface area contributed by atoms with Gasteiger partial charge in [-0.3, -0.25) is 4.79 Å². The predicted octanol–water partition coefficient (Wildman–Crippen LogP) is 2.76. The number of hydrogen-bond acceptors (Lipinski definition) is 6. The number of alkyl halides is 3. The first kappa shape index (κ1) is 26.9. The first-order chi connectivity index (χ1) is 16.3. The molecule has 14 heteroatoms. The van der Waals surface area contributed by atoms with E-state index in [0.29, 0.717) is 6.07 Å². The second-order valence-corrected chi connectivity index (χ2v) is 11.4. The summed E-state index contributed by atoms with van der Waals surface area (Å²) in [5, 5.41) is 2.50. The molecule has 0 aliphatic carbocycles. The van der Waals surface area contributed by atoms with Crippen molar-refractivity contribution in [3.05, 3.63) is 48.0 Å². The van der Waals surface area contributed by atoms with Crippen molar-refractivity contribution in [3.8, 4) is 5.75 Å². The minimum atomic E-state index is -4.87. The number of ether oxygens (including phenoxy) is 1. The van der Waals surface area contributed by atoms with Crippen molar-refractivity contribution in [1.82, 2.24) is 8.61 Å². The van der Waals surface area contributed by atoms with Gasteiger partial charge in [0.1, 0.15) is 10.6 Å². The molecular formula is C21H24F3N3O6S2. The number of carbonyl (C=O) groups excluding carboxylic acids is 1. The minimum absolute atomic E-state index is 0.0516. The number of anilines is 1. The van der Waals surface area contributed by atoms with Crippen LogP contribution in [-0.2, 0) is 31.0 Å². The number of benzene rings is 2. The Morgan fingerprint density at radius 1 is 0.943 bits per heavy atom. The summed E-state index contributed by atoms with van der Waals surface area (Å²) >= 11 is 0. The number of sulfonamides is 2. The van der Waals surface area contributed by atoms with Crippen molar-refractivity contribution >= 4 is 31.6 Å². The van der Waals surface area contributed by atoms with E-state index in [0.717, 1.165) is 20.7 Å². The Labute approximate surface area is 201 Å². The van der Waals surface area contributed by atoms with Gasteiger partial charge < -0.3 is 10.1 Å². The number of piperazine rings is 1. The molecule has 0 radical (unpaired) electrons. The summed E-state index contributed by atoms with van der Waals surface area (Å²) in [6, 6.07) is 7.97. The van der Waals surface area contributed by atoms with Gasteiger partial charge in [-0.2, -0.15) is 21.8 Å². The monoisotopic (exact) mass is 535 g/mol. The maximum Gasteiger partial charge on any atom is 0.417 e. The van der Waals surface area contributed by atoms with Gasteiger partial charge in [-0.25, -0.2) is 16.8 Å². The van der Waals surface area contributed by atoms with Crippen LogP contribution >= 0.6 is 0 Å². The third-order valence-electron chi connectivity index (χ3n) is 5.19. The average Bonchev–Trinajstić information content (AvgIpc) is 2.79. The van der Waals surface area contributed by atoms with Gasteiger partial charge in [-0.15, -0.1) is 0 Å². The Kier molecular flexibility index (Phi) is 7.79. The van der Waals surface area contributed by atoms with Crippen LogP contribution in [0.4, 0.5) is 18.9 Å². The minimum Gasteiger partial charge on any atom is -0.492 e. The number of nitrogens with zero attached hydrogens (tertiary/aromatic N) is 2. The maximum absolute atomic E-state index is 13.4. The zero-order chi connectivity index (χ0) is 26.0. The summed E-state index contributed by atoms with van der Waals surface area (Å²) in [6.07, 6.45) is -4.87. The topological polar surface area (TPSA) is 113 Å². The van der Waals surface area contributed by atoms with Crippen LogP contribution in [0.1, 0.15) is 19.4 Å². The molecule has 1 aliphatic heterocycles. The van der Waals surface area contributed by atoms with E-state index in [-0.39, 0.29) is 49.1 Å². The molecule has 0 saturated carbocycles. The lowest BCUT2D eigenvalue weighted by molar-refractivity contribution is -0.140. The number of nitrogens with one attached hydrogen (secondary N) is 1. The largest absolute Gasteiger partial charge is 0.492 e. The van der Waals surface area contributed by atoms with Crippen molar-refractivity contribution in [2.24, 2.45) is 0 Å². The molecule has 1 aliphatic rings. The molecular weight excluding hydrogens is 511 g/mol. The molecule has 0 atom stereocenters. The van der Waals surface area contributed by atoms with Gasteiger partial charge in [0.15, 0.2) is 0 Å². The lowest BCUT2D eigenvalue weighted by atomic mass is 10.2. The first-order valence-corrected chi connectivity index (χ1v) is 13.4. The maximum atomic E-state index is 13.4. The Balaban J connectivity index is 1.87. The Morgan fingerprint density at radius 3 is 2.00 bits per heavy atom. The molecule has 1 amide bonds. The van der Waals surface area contributed by atoms with E-state index in [1.165, 1.54) is 31.2 Å². The zero-order valence-electron chi connectivity index (χ0n) is 18.9. The molecule has 1 heterocycles. The van der Waals surface area contributed by atoms with Crippen LogP contribution in [0.15, 0.2) is 52.3 Å². The first-order valence-electron chi connectivity index (χ1n) is 10.5. The fourth-order valence-electron chi connectivity index (χ4n) is 3.62. The Bertz CT molecular complexity index is 1310. The molecule has 0 spiro atoms. The van der Waals surface area contributed by atoms with Crippen LogP contribution in [0.2, 0.25) is 0 Å². The van der Waals surface area contributed by atoms with Gasteiger partial charge in [0.2, 0.25) is 26.0 Å². The van der Waals surface area contributed by atoms with Crippen molar-refractivity contribution in [3.63, 3.8) is 0 Å². The summed E-state index contributed by atoms with van der Waals surface area (Å²) in [6.45, 7) is 1.85. The Hall–Kier alpha value is -2.68. The molecule has 0 bridgehead atoms. The highest BCUT2D eigenvalue weighted by atomic mass is 32.2. The van der Waals surface area contributed by atoms with Gasteiger partial charge in [0.05, 0.1) is 17.1 Å². The smallest absolute Gasteiger partial charge is 0.417 e. The van der Waals surface area contributed by atoms with E-state index in [4.69, 9.17) is 4.74 Å². The molecule has 1 saturated heterocycles. The van der Waals surface area contributed by atoms with Gasteiger partial charge in [-0.05, 0) is 37.3 Å². The van der Waals surface area contributed by atoms with Crippen molar-refractivity contribution in [1.29, 1.82) is 0 Å². The van der Waals surface area contributed by atoms with Crippen LogP contribution in [-0.4, -0.2) is 64.1 Å². The predicted molar refractivity (Wildman–Crippen MR) is 121 cm³/mol. The number of halogens is 3. The van der Waals surface area contributed by atoms with Crippen LogP contribution in [0.25, 0.3) is 0 Å². The summed E-state index contributed by atoms with van der Waals surface area (Å²) in [4.78, 5) is 10.3. The molecule has 2 aromatic rings. The summed E-state index contributed by atoms with van der Waals surface area (Å²) in [7, 11) is -8.71. The van der Waals surface area contributed by atoms with Crippen LogP contribution < -0.4 is 10.1 Å². The van der Waals surface area contributed by atoms with Crippen molar-refractivity contribution < 1.29 is 39.5 Å². The summed E-state index contributed by atoms with van der Waals surface area (Å²) in [5.41, 5.74) is -1.06. The molecule has 3 rings (SSSR count). The molecule has 192 valence electrons. The van der Waals surface area contributed by atoms with E-state index in [1.807, 2.05) is 0 Å². The van der Waals surface area contributed by atoms with Gasteiger partial charge in [-0.1, -0.05) is 12.1 Å². The quantitative estimate of drug-likeness (QED) is 0.584. The number of hydrogen-bond donors (Lipinski definition) is 1. The molecule has 2 aromatic carbocycles. The van der Waals surface area contributed by atoms with E-state index < -0.39 is 42.6 Å². The Morgan fingerprint density at radius 2 is 1.49 bits per heavy atom. The fourth-order valence-corrected chi connectivity index (χ4v) is 6.83. The van der Waals surface area contributed by atoms with Crippen molar-refractivity contribution in [2.75, 3.05) is 38.1 Å². The highest BCUT2D eigenvalue weighted by Gasteiger charge is 2.41. The second kappa shape index (κ2) is 10.1. The molecule has 0 unspecified atom stereocenters. The molecule has 35 heavy (non-hydrogen) atoms. The third kappa shape index (κ3) is 5.77. The van der Waals surface area contributed by atoms with Crippen LogP contribution in [0, 0.1) is 0 Å². The summed E-state index contributed by atoms with van der Waals surface area (Å²) in [5.74, 6) is -0.355. The third-order valence-corrected chi connectivity index (χ3v) is 9.07. The highest BCUT2D eigenvalue weighted by Crippen LogP contribution is 2.36. The number of amides is 1. The van der Waals surface area contributed by atoms with E-state index >= 15 is 0 Å². The normalized spacial score (nSPS) is 16.1. The SMILES string of the molecule is CCOc1ccc(NC(C)=O)cc1S(=O)(=O)N1CCN(S(=O)(=O)c2ccccc2C(F)(F)F)CC1. The van der Waals surface area contributed by atoms with E-state index in [1.54, 1.807) is 6.92 Å². The number of rotatable bonds is 7. The molecule has 1 N–H and O–H groups in total. The fraction of sp³-hybridized carbons (Fsp3) is 0.381. The zero-order valence-corrected chi connectivity index (χ0v) is 20.5. The lowest BCUT2D eigenvalue weighted by Crippen LogP contribution is -2.50. The van der Waals surface area contributed by atoms with Gasteiger partial charge >= 0.3 is 6.18 Å². The average molecular weight is 536 g/mol. The van der Waals surface area contributed by atoms with Gasteiger partial charge in [0.25, 0.3) is 0 Å². The van der Waals surface area contributed by atoms with Crippen LogP contribution in [0.5, 0.6) is 5.75 Å². The number of carbonyl (C=O) groups is 1. The molecule has 0 aromatic heterocycles. The standard InChI is InChI=1S/C21H24F3N3O6S2/c1-3-33-18-9-8-16(25-15(2)28)14-20(18)35(31,32)27-12-10-26(11-13-27)34(29,30)19-7-5-4-6-17(19)21(22,23)24/h4-9,14H,3,10-13H2,1-2H3,(H,25,28). The molecule has 9 nitrogen and oxygen atoms in total. The lowest BCUT2D eigenvalue weighted by Gasteiger charge is -2.34.